The van der Waals surface area contributed by atoms with Gasteiger partial charge in [0.05, 0.1) is 18.1 Å². The van der Waals surface area contributed by atoms with E-state index >= 15 is 0 Å². The summed E-state index contributed by atoms with van der Waals surface area (Å²) in [6, 6.07) is 0.178. The first-order valence-corrected chi connectivity index (χ1v) is 7.49. The van der Waals surface area contributed by atoms with Crippen molar-refractivity contribution >= 4 is 9.84 Å². The van der Waals surface area contributed by atoms with E-state index in [9.17, 15) is 8.42 Å². The van der Waals surface area contributed by atoms with E-state index in [0.717, 1.165) is 32.6 Å². The van der Waals surface area contributed by atoms with Crippen LogP contribution in [0.5, 0.6) is 0 Å². The van der Waals surface area contributed by atoms with Crippen molar-refractivity contribution in [1.82, 2.24) is 5.32 Å². The van der Waals surface area contributed by atoms with Crippen molar-refractivity contribution in [2.45, 2.75) is 25.3 Å². The molecule has 2 fully saturated rings. The first-order chi connectivity index (χ1) is 7.16. The summed E-state index contributed by atoms with van der Waals surface area (Å²) in [5.74, 6) is 1.24. The number of rotatable bonds is 3. The molecular formula is C10H19NO3S. The fourth-order valence-corrected chi connectivity index (χ4v) is 3.97. The number of hydrogen-bond donors (Lipinski definition) is 1. The van der Waals surface area contributed by atoms with Crippen molar-refractivity contribution in [1.29, 1.82) is 0 Å². The molecule has 2 aliphatic heterocycles. The summed E-state index contributed by atoms with van der Waals surface area (Å²) in [6.07, 6.45) is 3.11. The van der Waals surface area contributed by atoms with Gasteiger partial charge in [-0.25, -0.2) is 8.42 Å². The maximum atomic E-state index is 11.2. The van der Waals surface area contributed by atoms with Crippen LogP contribution >= 0.6 is 0 Å². The van der Waals surface area contributed by atoms with Crippen molar-refractivity contribution in [3.05, 3.63) is 0 Å². The molecule has 88 valence electrons. The Labute approximate surface area is 91.3 Å². The molecule has 0 radical (unpaired) electrons. The van der Waals surface area contributed by atoms with E-state index in [1.165, 1.54) is 6.42 Å². The third-order valence-corrected chi connectivity index (χ3v) is 4.95. The Kier molecular flexibility index (Phi) is 3.64. The van der Waals surface area contributed by atoms with Crippen molar-refractivity contribution in [2.75, 3.05) is 31.3 Å². The fourth-order valence-electron chi connectivity index (χ4n) is 2.26. The minimum Gasteiger partial charge on any atom is -0.381 e. The van der Waals surface area contributed by atoms with Gasteiger partial charge in [-0.2, -0.15) is 0 Å². The Morgan fingerprint density at radius 3 is 2.80 bits per heavy atom. The van der Waals surface area contributed by atoms with E-state index in [2.05, 4.69) is 5.32 Å². The molecule has 4 nitrogen and oxygen atoms in total. The summed E-state index contributed by atoms with van der Waals surface area (Å²) in [6.45, 7) is 2.61. The van der Waals surface area contributed by atoms with E-state index < -0.39 is 9.84 Å². The molecule has 2 rings (SSSR count). The number of ether oxygens (including phenoxy) is 1. The summed E-state index contributed by atoms with van der Waals surface area (Å²) in [4.78, 5) is 0. The molecular weight excluding hydrogens is 214 g/mol. The molecule has 2 aliphatic rings. The smallest absolute Gasteiger partial charge is 0.151 e. The lowest BCUT2D eigenvalue weighted by Crippen LogP contribution is -2.36. The van der Waals surface area contributed by atoms with E-state index in [-0.39, 0.29) is 6.04 Å². The third-order valence-electron chi connectivity index (χ3n) is 3.18. The van der Waals surface area contributed by atoms with Crippen LogP contribution < -0.4 is 5.32 Å². The van der Waals surface area contributed by atoms with Crippen molar-refractivity contribution < 1.29 is 13.2 Å². The Balaban J connectivity index is 1.70. The van der Waals surface area contributed by atoms with Gasteiger partial charge in [0.1, 0.15) is 0 Å². The van der Waals surface area contributed by atoms with Gasteiger partial charge in [-0.05, 0) is 25.2 Å². The Hall–Kier alpha value is -0.130. The summed E-state index contributed by atoms with van der Waals surface area (Å²) in [5.41, 5.74) is 0. The van der Waals surface area contributed by atoms with Gasteiger partial charge < -0.3 is 10.1 Å². The van der Waals surface area contributed by atoms with Crippen LogP contribution in [0.2, 0.25) is 0 Å². The molecule has 0 amide bonds. The van der Waals surface area contributed by atoms with Crippen molar-refractivity contribution in [3.63, 3.8) is 0 Å². The van der Waals surface area contributed by atoms with Gasteiger partial charge in [0.15, 0.2) is 9.84 Å². The Morgan fingerprint density at radius 1 is 1.33 bits per heavy atom. The molecule has 15 heavy (non-hydrogen) atoms. The highest BCUT2D eigenvalue weighted by Gasteiger charge is 2.28. The normalized spacial score (nSPS) is 35.5. The van der Waals surface area contributed by atoms with Crippen LogP contribution in [0, 0.1) is 5.92 Å². The van der Waals surface area contributed by atoms with Crippen LogP contribution in [-0.2, 0) is 14.6 Å². The topological polar surface area (TPSA) is 55.4 Å². The van der Waals surface area contributed by atoms with Crippen LogP contribution in [0.4, 0.5) is 0 Å². The van der Waals surface area contributed by atoms with E-state index in [0.29, 0.717) is 17.4 Å². The second kappa shape index (κ2) is 4.80. The van der Waals surface area contributed by atoms with Gasteiger partial charge in [-0.15, -0.1) is 0 Å². The largest absolute Gasteiger partial charge is 0.381 e. The van der Waals surface area contributed by atoms with Crippen LogP contribution in [0.3, 0.4) is 0 Å². The lowest BCUT2D eigenvalue weighted by atomic mass is 10.0. The molecule has 0 spiro atoms. The van der Waals surface area contributed by atoms with Gasteiger partial charge in [-0.1, -0.05) is 0 Å². The summed E-state index contributed by atoms with van der Waals surface area (Å²) in [7, 11) is -2.74. The maximum Gasteiger partial charge on any atom is 0.151 e. The predicted molar refractivity (Wildman–Crippen MR) is 58.6 cm³/mol. The number of hydrogen-bond acceptors (Lipinski definition) is 4. The first kappa shape index (κ1) is 11.4. The average Bonchev–Trinajstić information content (AvgIpc) is 2.57. The standard InChI is InChI=1S/C10H19NO3S/c12-15(13)5-3-10(8-15)11-6-9-2-1-4-14-7-9/h9-11H,1-8H2. The summed E-state index contributed by atoms with van der Waals surface area (Å²) in [5, 5.41) is 3.35. The zero-order chi connectivity index (χ0) is 10.7. The molecule has 2 heterocycles. The van der Waals surface area contributed by atoms with Gasteiger partial charge in [0.2, 0.25) is 0 Å². The molecule has 0 aromatic heterocycles. The minimum atomic E-state index is -2.74. The highest BCUT2D eigenvalue weighted by molar-refractivity contribution is 7.91. The summed E-state index contributed by atoms with van der Waals surface area (Å²) < 4.78 is 27.8. The Morgan fingerprint density at radius 2 is 2.20 bits per heavy atom. The molecule has 0 bridgehead atoms. The van der Waals surface area contributed by atoms with Gasteiger partial charge >= 0.3 is 0 Å². The molecule has 0 aromatic rings. The molecule has 1 N–H and O–H groups in total. The highest BCUT2D eigenvalue weighted by Crippen LogP contribution is 2.15. The quantitative estimate of drug-likeness (QED) is 0.756. The Bertz CT molecular complexity index is 296. The molecule has 2 unspecified atom stereocenters. The predicted octanol–water partition coefficient (Wildman–Crippen LogP) is 0.190. The number of nitrogens with one attached hydrogen (secondary N) is 1. The summed E-state index contributed by atoms with van der Waals surface area (Å²) >= 11 is 0. The molecule has 5 heteroatoms. The highest BCUT2D eigenvalue weighted by atomic mass is 32.2. The zero-order valence-corrected chi connectivity index (χ0v) is 9.76. The van der Waals surface area contributed by atoms with Crippen molar-refractivity contribution in [2.24, 2.45) is 5.92 Å². The van der Waals surface area contributed by atoms with Crippen LogP contribution in [0.1, 0.15) is 19.3 Å². The van der Waals surface area contributed by atoms with E-state index in [1.54, 1.807) is 0 Å². The van der Waals surface area contributed by atoms with Gasteiger partial charge in [0.25, 0.3) is 0 Å². The maximum absolute atomic E-state index is 11.2. The monoisotopic (exact) mass is 233 g/mol. The van der Waals surface area contributed by atoms with Crippen LogP contribution in [0.15, 0.2) is 0 Å². The molecule has 2 saturated heterocycles. The molecule has 0 saturated carbocycles. The SMILES string of the molecule is O=S1(=O)CCC(NCC2CCCOC2)C1. The van der Waals surface area contributed by atoms with Crippen LogP contribution in [-0.4, -0.2) is 45.7 Å². The average molecular weight is 233 g/mol. The third kappa shape index (κ3) is 3.43. The minimum absolute atomic E-state index is 0.178. The van der Waals surface area contributed by atoms with Gasteiger partial charge in [-0.3, -0.25) is 0 Å². The second-order valence-electron chi connectivity index (χ2n) is 4.59. The lowest BCUT2D eigenvalue weighted by molar-refractivity contribution is 0.0541. The first-order valence-electron chi connectivity index (χ1n) is 5.67. The van der Waals surface area contributed by atoms with Gasteiger partial charge in [0, 0.05) is 19.2 Å². The van der Waals surface area contributed by atoms with Crippen molar-refractivity contribution in [3.8, 4) is 0 Å². The molecule has 0 aliphatic carbocycles. The van der Waals surface area contributed by atoms with E-state index in [4.69, 9.17) is 4.74 Å². The second-order valence-corrected chi connectivity index (χ2v) is 6.82. The fraction of sp³-hybridized carbons (Fsp3) is 1.00. The van der Waals surface area contributed by atoms with Crippen LogP contribution in [0.25, 0.3) is 0 Å². The lowest BCUT2D eigenvalue weighted by Gasteiger charge is -2.23. The van der Waals surface area contributed by atoms with E-state index in [1.807, 2.05) is 0 Å². The zero-order valence-electron chi connectivity index (χ0n) is 8.94. The molecule has 2 atom stereocenters. The number of sulfone groups is 1. The molecule has 0 aromatic carbocycles.